The van der Waals surface area contributed by atoms with Gasteiger partial charge in [-0.15, -0.1) is 0 Å². The van der Waals surface area contributed by atoms with Crippen LogP contribution in [0.5, 0.6) is 0 Å². The first-order valence-electron chi connectivity index (χ1n) is 8.14. The lowest BCUT2D eigenvalue weighted by molar-refractivity contribution is -0.113. The van der Waals surface area contributed by atoms with Crippen LogP contribution < -0.4 is 11.1 Å². The van der Waals surface area contributed by atoms with Gasteiger partial charge in [0.05, 0.1) is 5.57 Å². The first-order valence-corrected chi connectivity index (χ1v) is 8.14. The van der Waals surface area contributed by atoms with Crippen molar-refractivity contribution in [1.82, 2.24) is 4.90 Å². The minimum atomic E-state index is -0.0911. The van der Waals surface area contributed by atoms with E-state index in [9.17, 15) is 4.79 Å². The van der Waals surface area contributed by atoms with Crippen molar-refractivity contribution in [2.45, 2.75) is 19.3 Å². The Balaban J connectivity index is 1.64. The number of allylic oxidation sites excluding steroid dienone is 2. The van der Waals surface area contributed by atoms with E-state index in [1.165, 1.54) is 5.57 Å². The molecule has 0 atom stereocenters. The van der Waals surface area contributed by atoms with E-state index < -0.39 is 0 Å². The molecule has 0 saturated heterocycles. The van der Waals surface area contributed by atoms with Gasteiger partial charge in [-0.05, 0) is 30.5 Å². The summed E-state index contributed by atoms with van der Waals surface area (Å²) in [6, 6.07) is 9.50. The maximum atomic E-state index is 12.5. The fourth-order valence-corrected chi connectivity index (χ4v) is 2.96. The lowest BCUT2D eigenvalue weighted by atomic mass is 10.0. The second-order valence-electron chi connectivity index (χ2n) is 6.04. The van der Waals surface area contributed by atoms with Gasteiger partial charge in [0, 0.05) is 37.4 Å². The van der Waals surface area contributed by atoms with E-state index >= 15 is 0 Å². The molecule has 0 spiro atoms. The molecular formula is C19H23N3O. The second kappa shape index (κ2) is 7.29. The summed E-state index contributed by atoms with van der Waals surface area (Å²) in [5.41, 5.74) is 9.63. The van der Waals surface area contributed by atoms with Crippen molar-refractivity contribution in [1.29, 1.82) is 0 Å². The molecule has 0 unspecified atom stereocenters. The van der Waals surface area contributed by atoms with Gasteiger partial charge in [0.25, 0.3) is 5.91 Å². The largest absolute Gasteiger partial charge is 0.402 e. The van der Waals surface area contributed by atoms with Crippen LogP contribution in [-0.2, 0) is 4.79 Å². The minimum absolute atomic E-state index is 0.0911. The average molecular weight is 309 g/mol. The van der Waals surface area contributed by atoms with E-state index in [2.05, 4.69) is 28.4 Å². The number of nitrogens with zero attached hydrogens (tertiary/aromatic N) is 1. The van der Waals surface area contributed by atoms with Gasteiger partial charge in [0.15, 0.2) is 0 Å². The summed E-state index contributed by atoms with van der Waals surface area (Å²) in [5.74, 6) is -0.0911. The van der Waals surface area contributed by atoms with Gasteiger partial charge in [-0.2, -0.15) is 0 Å². The van der Waals surface area contributed by atoms with Crippen molar-refractivity contribution in [3.8, 4) is 0 Å². The van der Waals surface area contributed by atoms with Crippen molar-refractivity contribution >= 4 is 11.6 Å². The van der Waals surface area contributed by atoms with Crippen LogP contribution >= 0.6 is 0 Å². The highest BCUT2D eigenvalue weighted by Gasteiger charge is 2.23. The zero-order valence-corrected chi connectivity index (χ0v) is 13.3. The summed E-state index contributed by atoms with van der Waals surface area (Å²) in [4.78, 5) is 14.8. The summed E-state index contributed by atoms with van der Waals surface area (Å²) in [6.07, 6.45) is 9.67. The van der Waals surface area contributed by atoms with Gasteiger partial charge in [0.1, 0.15) is 0 Å². The fourth-order valence-electron chi connectivity index (χ4n) is 2.96. The summed E-state index contributed by atoms with van der Waals surface area (Å²) in [7, 11) is 0. The van der Waals surface area contributed by atoms with E-state index in [0.717, 1.165) is 38.0 Å². The van der Waals surface area contributed by atoms with Gasteiger partial charge < -0.3 is 11.1 Å². The number of nitrogens with two attached hydrogens (primary N) is 1. The minimum Gasteiger partial charge on any atom is -0.402 e. The predicted octanol–water partition coefficient (Wildman–Crippen LogP) is 2.82. The molecule has 1 aromatic carbocycles. The summed E-state index contributed by atoms with van der Waals surface area (Å²) >= 11 is 0. The normalized spacial score (nSPS) is 18.7. The average Bonchev–Trinajstić information content (AvgIpc) is 2.58. The number of para-hydroxylation sites is 1. The number of carbonyl (C=O) groups is 1. The highest BCUT2D eigenvalue weighted by Crippen LogP contribution is 2.19. The monoisotopic (exact) mass is 309 g/mol. The summed E-state index contributed by atoms with van der Waals surface area (Å²) in [6.45, 7) is 2.39. The number of hydrogen-bond acceptors (Lipinski definition) is 3. The van der Waals surface area contributed by atoms with Crippen molar-refractivity contribution in [3.63, 3.8) is 0 Å². The highest BCUT2D eigenvalue weighted by atomic mass is 16.1. The lowest BCUT2D eigenvalue weighted by Gasteiger charge is -2.29. The van der Waals surface area contributed by atoms with E-state index in [4.69, 9.17) is 5.73 Å². The Bertz CT molecular complexity index is 658. The molecule has 23 heavy (non-hydrogen) atoms. The molecule has 4 heteroatoms. The van der Waals surface area contributed by atoms with E-state index in [1.54, 1.807) is 0 Å². The lowest BCUT2D eigenvalue weighted by Crippen LogP contribution is -2.38. The number of rotatable bonds is 4. The molecule has 3 N–H and O–H groups in total. The van der Waals surface area contributed by atoms with Gasteiger partial charge in [-0.3, -0.25) is 9.69 Å². The number of nitrogens with one attached hydrogen (secondary N) is 1. The topological polar surface area (TPSA) is 58.4 Å². The molecule has 4 nitrogen and oxygen atoms in total. The molecule has 1 aliphatic carbocycles. The number of hydrogen-bond donors (Lipinski definition) is 2. The molecule has 120 valence electrons. The Morgan fingerprint density at radius 2 is 2.04 bits per heavy atom. The molecule has 1 aliphatic heterocycles. The number of amides is 1. The van der Waals surface area contributed by atoms with Crippen LogP contribution in [0.1, 0.15) is 19.3 Å². The first kappa shape index (κ1) is 15.6. The van der Waals surface area contributed by atoms with Crippen molar-refractivity contribution in [3.05, 3.63) is 65.4 Å². The Hall–Kier alpha value is -2.33. The molecule has 1 heterocycles. The Labute approximate surface area is 137 Å². The first-order chi connectivity index (χ1) is 11.2. The predicted molar refractivity (Wildman–Crippen MR) is 93.8 cm³/mol. The number of benzene rings is 1. The maximum Gasteiger partial charge on any atom is 0.254 e. The van der Waals surface area contributed by atoms with Gasteiger partial charge in [-0.25, -0.2) is 0 Å². The fraction of sp³-hybridized carbons (Fsp3) is 0.316. The van der Waals surface area contributed by atoms with E-state index in [0.29, 0.717) is 17.8 Å². The molecule has 0 radical (unpaired) electrons. The van der Waals surface area contributed by atoms with Crippen molar-refractivity contribution in [2.75, 3.05) is 25.0 Å². The third-order valence-electron chi connectivity index (χ3n) is 4.25. The van der Waals surface area contributed by atoms with Crippen LogP contribution in [0.15, 0.2) is 65.4 Å². The molecule has 0 aromatic heterocycles. The molecular weight excluding hydrogens is 286 g/mol. The summed E-state index contributed by atoms with van der Waals surface area (Å²) < 4.78 is 0. The molecule has 0 bridgehead atoms. The zero-order valence-electron chi connectivity index (χ0n) is 13.3. The van der Waals surface area contributed by atoms with Crippen molar-refractivity contribution in [2.24, 2.45) is 5.73 Å². The number of carbonyl (C=O) groups excluding carboxylic acids is 1. The van der Waals surface area contributed by atoms with Crippen LogP contribution in [0, 0.1) is 0 Å². The highest BCUT2D eigenvalue weighted by molar-refractivity contribution is 6.04. The molecule has 1 amide bonds. The Kier molecular flexibility index (Phi) is 4.93. The molecule has 0 fully saturated rings. The maximum absolute atomic E-state index is 12.5. The SMILES string of the molecule is NC1=C(C(=O)Nc2ccccc2)CN(CC2=CCCC=C2)CC1. The quantitative estimate of drug-likeness (QED) is 0.899. The number of anilines is 1. The molecule has 0 saturated carbocycles. The van der Waals surface area contributed by atoms with Gasteiger partial charge >= 0.3 is 0 Å². The van der Waals surface area contributed by atoms with Crippen LogP contribution in [0.4, 0.5) is 5.69 Å². The molecule has 2 aliphatic rings. The smallest absolute Gasteiger partial charge is 0.254 e. The van der Waals surface area contributed by atoms with Gasteiger partial charge in [-0.1, -0.05) is 36.4 Å². The molecule has 1 aromatic rings. The Morgan fingerprint density at radius 1 is 1.22 bits per heavy atom. The zero-order chi connectivity index (χ0) is 16.1. The van der Waals surface area contributed by atoms with Crippen LogP contribution in [0.25, 0.3) is 0 Å². The van der Waals surface area contributed by atoms with Crippen LogP contribution in [-0.4, -0.2) is 30.4 Å². The van der Waals surface area contributed by atoms with E-state index in [1.807, 2.05) is 30.3 Å². The van der Waals surface area contributed by atoms with Crippen molar-refractivity contribution < 1.29 is 4.79 Å². The van der Waals surface area contributed by atoms with E-state index in [-0.39, 0.29) is 5.91 Å². The van der Waals surface area contributed by atoms with Crippen LogP contribution in [0.3, 0.4) is 0 Å². The third kappa shape index (κ3) is 4.11. The third-order valence-corrected chi connectivity index (χ3v) is 4.25. The Morgan fingerprint density at radius 3 is 2.78 bits per heavy atom. The second-order valence-corrected chi connectivity index (χ2v) is 6.04. The van der Waals surface area contributed by atoms with Crippen LogP contribution in [0.2, 0.25) is 0 Å². The molecule has 3 rings (SSSR count). The standard InChI is InChI=1S/C19H23N3O/c20-18-11-12-22(13-15-7-3-1-4-8-15)14-17(18)19(23)21-16-9-5-2-6-10-16/h2-3,5-10H,1,4,11-14,20H2,(H,21,23). The summed E-state index contributed by atoms with van der Waals surface area (Å²) in [5, 5.41) is 2.93. The van der Waals surface area contributed by atoms with Gasteiger partial charge in [0.2, 0.25) is 0 Å².